The molecule has 0 saturated carbocycles. The van der Waals surface area contributed by atoms with E-state index in [0.29, 0.717) is 17.5 Å². The average molecular weight is 256 g/mol. The molecule has 0 aliphatic rings. The van der Waals surface area contributed by atoms with Gasteiger partial charge >= 0.3 is 5.97 Å². The van der Waals surface area contributed by atoms with Gasteiger partial charge in [-0.15, -0.1) is 0 Å². The van der Waals surface area contributed by atoms with Crippen molar-refractivity contribution in [2.24, 2.45) is 5.92 Å². The zero-order valence-electron chi connectivity index (χ0n) is 10.2. The van der Waals surface area contributed by atoms with Gasteiger partial charge in [-0.3, -0.25) is 9.59 Å². The van der Waals surface area contributed by atoms with Crippen LogP contribution in [0.3, 0.4) is 0 Å². The SMILES string of the molecule is COC(=O)CSc1nccn(CC(C)C)c1=O. The van der Waals surface area contributed by atoms with Gasteiger partial charge in [-0.2, -0.15) is 0 Å². The second kappa shape index (κ2) is 6.44. The summed E-state index contributed by atoms with van der Waals surface area (Å²) in [5.74, 6) is 0.119. The van der Waals surface area contributed by atoms with E-state index in [4.69, 9.17) is 0 Å². The van der Waals surface area contributed by atoms with Crippen molar-refractivity contribution in [3.8, 4) is 0 Å². The van der Waals surface area contributed by atoms with Crippen molar-refractivity contribution in [2.75, 3.05) is 12.9 Å². The Morgan fingerprint density at radius 3 is 2.88 bits per heavy atom. The quantitative estimate of drug-likeness (QED) is 0.584. The summed E-state index contributed by atoms with van der Waals surface area (Å²) < 4.78 is 6.12. The molecule has 0 N–H and O–H groups in total. The minimum Gasteiger partial charge on any atom is -0.468 e. The Hall–Kier alpha value is -1.30. The molecule has 0 bridgehead atoms. The fourth-order valence-corrected chi connectivity index (χ4v) is 2.00. The number of ether oxygens (including phenoxy) is 1. The van der Waals surface area contributed by atoms with Crippen LogP contribution in [0, 0.1) is 5.92 Å². The minimum absolute atomic E-state index is 0.102. The largest absolute Gasteiger partial charge is 0.468 e. The Balaban J connectivity index is 2.80. The highest BCUT2D eigenvalue weighted by Crippen LogP contribution is 2.10. The lowest BCUT2D eigenvalue weighted by atomic mass is 10.2. The topological polar surface area (TPSA) is 61.2 Å². The fraction of sp³-hybridized carbons (Fsp3) is 0.545. The number of carbonyl (C=O) groups excluding carboxylic acids is 1. The molecule has 5 nitrogen and oxygen atoms in total. The number of esters is 1. The molecule has 0 aromatic carbocycles. The number of nitrogens with zero attached hydrogens (tertiary/aromatic N) is 2. The monoisotopic (exact) mass is 256 g/mol. The molecule has 0 radical (unpaired) electrons. The molecule has 0 aliphatic heterocycles. The molecule has 1 aromatic heterocycles. The Labute approximate surface area is 104 Å². The maximum atomic E-state index is 11.9. The molecule has 1 rings (SSSR count). The van der Waals surface area contributed by atoms with Crippen LogP contribution in [0.4, 0.5) is 0 Å². The first kappa shape index (κ1) is 13.8. The van der Waals surface area contributed by atoms with E-state index in [1.165, 1.54) is 7.11 Å². The molecule has 1 heterocycles. The summed E-state index contributed by atoms with van der Waals surface area (Å²) in [6.45, 7) is 4.72. The average Bonchev–Trinajstić information content (AvgIpc) is 2.29. The summed E-state index contributed by atoms with van der Waals surface area (Å²) in [6.07, 6.45) is 3.23. The second-order valence-corrected chi connectivity index (χ2v) is 4.91. The molecular formula is C11H16N2O3S. The van der Waals surface area contributed by atoms with Gasteiger partial charge in [0.25, 0.3) is 5.56 Å². The summed E-state index contributed by atoms with van der Waals surface area (Å²) in [7, 11) is 1.32. The van der Waals surface area contributed by atoms with Gasteiger partial charge in [-0.05, 0) is 5.92 Å². The van der Waals surface area contributed by atoms with Crippen molar-refractivity contribution in [3.05, 3.63) is 22.7 Å². The Kier molecular flexibility index (Phi) is 5.21. The van der Waals surface area contributed by atoms with Crippen molar-refractivity contribution >= 4 is 17.7 Å². The summed E-state index contributed by atoms with van der Waals surface area (Å²) in [5.41, 5.74) is -0.157. The first-order valence-electron chi connectivity index (χ1n) is 5.29. The highest BCUT2D eigenvalue weighted by Gasteiger charge is 2.09. The number of hydrogen-bond donors (Lipinski definition) is 0. The van der Waals surface area contributed by atoms with Crippen LogP contribution in [-0.4, -0.2) is 28.4 Å². The van der Waals surface area contributed by atoms with Crippen LogP contribution in [0.15, 0.2) is 22.2 Å². The van der Waals surface area contributed by atoms with Crippen molar-refractivity contribution in [1.82, 2.24) is 9.55 Å². The van der Waals surface area contributed by atoms with Gasteiger partial charge in [-0.25, -0.2) is 4.98 Å². The number of carbonyl (C=O) groups is 1. The van der Waals surface area contributed by atoms with Crippen LogP contribution in [0.2, 0.25) is 0 Å². The minimum atomic E-state index is -0.365. The lowest BCUT2D eigenvalue weighted by molar-refractivity contribution is -0.137. The lowest BCUT2D eigenvalue weighted by Gasteiger charge is -2.09. The lowest BCUT2D eigenvalue weighted by Crippen LogP contribution is -2.24. The molecule has 0 saturated heterocycles. The summed E-state index contributed by atoms with van der Waals surface area (Å²) in [5, 5.41) is 0.332. The van der Waals surface area contributed by atoms with Crippen molar-refractivity contribution in [2.45, 2.75) is 25.4 Å². The van der Waals surface area contributed by atoms with Gasteiger partial charge in [-0.1, -0.05) is 25.6 Å². The predicted octanol–water partition coefficient (Wildman–Crippen LogP) is 1.16. The number of thioether (sulfide) groups is 1. The highest BCUT2D eigenvalue weighted by molar-refractivity contribution is 7.99. The third-order valence-corrected chi connectivity index (χ3v) is 2.93. The fourth-order valence-electron chi connectivity index (χ4n) is 1.25. The van der Waals surface area contributed by atoms with Crippen LogP contribution >= 0.6 is 11.8 Å². The molecule has 0 fully saturated rings. The van der Waals surface area contributed by atoms with E-state index in [1.807, 2.05) is 13.8 Å². The van der Waals surface area contributed by atoms with Gasteiger partial charge in [0.2, 0.25) is 0 Å². The number of rotatable bonds is 5. The van der Waals surface area contributed by atoms with Gasteiger partial charge in [0, 0.05) is 18.9 Å². The smallest absolute Gasteiger partial charge is 0.316 e. The van der Waals surface area contributed by atoms with E-state index in [9.17, 15) is 9.59 Å². The molecule has 17 heavy (non-hydrogen) atoms. The van der Waals surface area contributed by atoms with E-state index >= 15 is 0 Å². The van der Waals surface area contributed by atoms with Crippen LogP contribution in [-0.2, 0) is 16.1 Å². The zero-order valence-corrected chi connectivity index (χ0v) is 11.0. The Morgan fingerprint density at radius 2 is 2.29 bits per heavy atom. The zero-order chi connectivity index (χ0) is 12.8. The molecule has 1 aromatic rings. The van der Waals surface area contributed by atoms with Crippen LogP contribution in [0.1, 0.15) is 13.8 Å². The third-order valence-electron chi connectivity index (χ3n) is 2.00. The number of aromatic nitrogens is 2. The summed E-state index contributed by atoms with van der Waals surface area (Å²) in [6, 6.07) is 0. The van der Waals surface area contributed by atoms with E-state index < -0.39 is 0 Å². The molecule has 0 spiro atoms. The Bertz CT molecular complexity index is 443. The first-order valence-corrected chi connectivity index (χ1v) is 6.28. The molecule has 0 unspecified atom stereocenters. The molecular weight excluding hydrogens is 240 g/mol. The van der Waals surface area contributed by atoms with Gasteiger partial charge in [0.05, 0.1) is 12.9 Å². The third kappa shape index (κ3) is 4.22. The Morgan fingerprint density at radius 1 is 1.59 bits per heavy atom. The second-order valence-electron chi connectivity index (χ2n) is 3.95. The maximum absolute atomic E-state index is 11.9. The molecule has 94 valence electrons. The van der Waals surface area contributed by atoms with Crippen LogP contribution < -0.4 is 5.56 Å². The van der Waals surface area contributed by atoms with Crippen LogP contribution in [0.5, 0.6) is 0 Å². The van der Waals surface area contributed by atoms with Crippen LogP contribution in [0.25, 0.3) is 0 Å². The van der Waals surface area contributed by atoms with E-state index in [-0.39, 0.29) is 17.3 Å². The van der Waals surface area contributed by atoms with E-state index in [1.54, 1.807) is 17.0 Å². The number of methoxy groups -OCH3 is 1. The van der Waals surface area contributed by atoms with Gasteiger partial charge in [0.1, 0.15) is 0 Å². The summed E-state index contributed by atoms with van der Waals surface area (Å²) >= 11 is 1.10. The molecule has 0 amide bonds. The van der Waals surface area contributed by atoms with Gasteiger partial charge in [0.15, 0.2) is 5.03 Å². The molecule has 6 heteroatoms. The normalized spacial score (nSPS) is 10.6. The first-order chi connectivity index (χ1) is 8.04. The maximum Gasteiger partial charge on any atom is 0.316 e. The number of hydrogen-bond acceptors (Lipinski definition) is 5. The standard InChI is InChI=1S/C11H16N2O3S/c1-8(2)6-13-5-4-12-10(11(13)15)17-7-9(14)16-3/h4-5,8H,6-7H2,1-3H3. The molecule has 0 atom stereocenters. The van der Waals surface area contributed by atoms with E-state index in [0.717, 1.165) is 11.8 Å². The van der Waals surface area contributed by atoms with Crippen molar-refractivity contribution in [1.29, 1.82) is 0 Å². The van der Waals surface area contributed by atoms with Gasteiger partial charge < -0.3 is 9.30 Å². The predicted molar refractivity (Wildman–Crippen MR) is 66.1 cm³/mol. The van der Waals surface area contributed by atoms with Crippen molar-refractivity contribution in [3.63, 3.8) is 0 Å². The summed E-state index contributed by atoms with van der Waals surface area (Å²) in [4.78, 5) is 26.9. The highest BCUT2D eigenvalue weighted by atomic mass is 32.2. The van der Waals surface area contributed by atoms with Crippen molar-refractivity contribution < 1.29 is 9.53 Å². The van der Waals surface area contributed by atoms with E-state index in [2.05, 4.69) is 9.72 Å². The molecule has 0 aliphatic carbocycles.